The fraction of sp³-hybridized carbons (Fsp3) is 0.478. The number of hydrogen-bond donors (Lipinski definition) is 1. The number of benzene rings is 1. The van der Waals surface area contributed by atoms with Crippen molar-refractivity contribution in [3.8, 4) is 5.88 Å². The second kappa shape index (κ2) is 9.03. The zero-order valence-corrected chi connectivity index (χ0v) is 16.6. The second-order valence-corrected chi connectivity index (χ2v) is 7.91. The number of aromatic nitrogens is 1. The van der Waals surface area contributed by atoms with Crippen molar-refractivity contribution in [2.75, 3.05) is 0 Å². The van der Waals surface area contributed by atoms with Gasteiger partial charge in [-0.05, 0) is 55.2 Å². The summed E-state index contributed by atoms with van der Waals surface area (Å²) in [6.07, 6.45) is 6.27. The molecule has 0 spiro atoms. The molecule has 1 fully saturated rings. The maximum Gasteiger partial charge on any atom is 0.224 e. The maximum absolute atomic E-state index is 12.4. The minimum atomic E-state index is 0.108. The van der Waals surface area contributed by atoms with Gasteiger partial charge in [-0.1, -0.05) is 44.2 Å². The van der Waals surface area contributed by atoms with Crippen LogP contribution in [0.2, 0.25) is 0 Å². The van der Waals surface area contributed by atoms with Crippen molar-refractivity contribution in [1.29, 1.82) is 0 Å². The summed E-state index contributed by atoms with van der Waals surface area (Å²) in [5.41, 5.74) is 3.51. The van der Waals surface area contributed by atoms with E-state index in [0.29, 0.717) is 18.2 Å². The van der Waals surface area contributed by atoms with Gasteiger partial charge in [-0.2, -0.15) is 0 Å². The minimum Gasteiger partial charge on any atom is -0.474 e. The Bertz CT molecular complexity index is 730. The van der Waals surface area contributed by atoms with E-state index in [-0.39, 0.29) is 18.1 Å². The molecule has 27 heavy (non-hydrogen) atoms. The molecule has 2 aromatic rings. The van der Waals surface area contributed by atoms with E-state index in [1.807, 2.05) is 25.3 Å². The molecule has 144 valence electrons. The average Bonchev–Trinajstić information content (AvgIpc) is 2.65. The van der Waals surface area contributed by atoms with E-state index < -0.39 is 0 Å². The molecule has 1 aliphatic rings. The van der Waals surface area contributed by atoms with Crippen LogP contribution in [-0.4, -0.2) is 23.0 Å². The summed E-state index contributed by atoms with van der Waals surface area (Å²) in [4.78, 5) is 16.7. The third-order valence-electron chi connectivity index (χ3n) is 5.22. The predicted octanol–water partition coefficient (Wildman–Crippen LogP) is 4.56. The lowest BCUT2D eigenvalue weighted by Gasteiger charge is -2.29. The van der Waals surface area contributed by atoms with E-state index >= 15 is 0 Å². The molecule has 1 heterocycles. The highest BCUT2D eigenvalue weighted by Gasteiger charge is 2.23. The van der Waals surface area contributed by atoms with E-state index in [0.717, 1.165) is 36.8 Å². The van der Waals surface area contributed by atoms with Gasteiger partial charge in [0.1, 0.15) is 6.10 Å². The van der Waals surface area contributed by atoms with E-state index in [9.17, 15) is 4.79 Å². The van der Waals surface area contributed by atoms with Crippen molar-refractivity contribution in [2.24, 2.45) is 0 Å². The summed E-state index contributed by atoms with van der Waals surface area (Å²) < 4.78 is 5.97. The highest BCUT2D eigenvalue weighted by Crippen LogP contribution is 2.23. The molecule has 4 nitrogen and oxygen atoms in total. The fourth-order valence-electron chi connectivity index (χ4n) is 3.50. The number of amides is 1. The quantitative estimate of drug-likeness (QED) is 0.815. The molecule has 1 N–H and O–H groups in total. The maximum atomic E-state index is 12.4. The summed E-state index contributed by atoms with van der Waals surface area (Å²) in [5.74, 6) is 1.31. The van der Waals surface area contributed by atoms with Crippen molar-refractivity contribution in [3.63, 3.8) is 0 Å². The average molecular weight is 367 g/mol. The Labute approximate surface area is 162 Å². The Morgan fingerprint density at radius 2 is 1.81 bits per heavy atom. The number of nitrogens with zero attached hydrogens (tertiary/aromatic N) is 1. The zero-order valence-electron chi connectivity index (χ0n) is 16.6. The zero-order chi connectivity index (χ0) is 19.2. The number of carbonyl (C=O) groups is 1. The number of hydrogen-bond acceptors (Lipinski definition) is 3. The van der Waals surface area contributed by atoms with Crippen molar-refractivity contribution >= 4 is 5.91 Å². The molecule has 1 aliphatic carbocycles. The third-order valence-corrected chi connectivity index (χ3v) is 5.22. The fourth-order valence-corrected chi connectivity index (χ4v) is 3.50. The SMILES string of the molecule is Cc1ccc(OC2CCC(NC(=O)Cc3ccc(C(C)C)cc3)CC2)nc1. The number of aryl methyl sites for hydroxylation is 1. The van der Waals surface area contributed by atoms with Crippen LogP contribution in [0.5, 0.6) is 5.88 Å². The van der Waals surface area contributed by atoms with Crippen molar-refractivity contribution in [3.05, 3.63) is 59.3 Å². The van der Waals surface area contributed by atoms with Gasteiger partial charge in [-0.3, -0.25) is 4.79 Å². The molecular formula is C23H30N2O2. The molecule has 0 unspecified atom stereocenters. The third kappa shape index (κ3) is 5.81. The van der Waals surface area contributed by atoms with Gasteiger partial charge >= 0.3 is 0 Å². The van der Waals surface area contributed by atoms with E-state index in [1.54, 1.807) is 0 Å². The predicted molar refractivity (Wildman–Crippen MR) is 108 cm³/mol. The van der Waals surface area contributed by atoms with Crippen molar-refractivity contribution in [2.45, 2.75) is 70.9 Å². The van der Waals surface area contributed by atoms with Gasteiger partial charge < -0.3 is 10.1 Å². The Kier molecular flexibility index (Phi) is 6.49. The van der Waals surface area contributed by atoms with Crippen LogP contribution in [0.15, 0.2) is 42.6 Å². The molecule has 1 saturated carbocycles. The Hall–Kier alpha value is -2.36. The Morgan fingerprint density at radius 3 is 2.41 bits per heavy atom. The first-order valence-corrected chi connectivity index (χ1v) is 9.97. The van der Waals surface area contributed by atoms with Crippen LogP contribution in [-0.2, 0) is 11.2 Å². The summed E-state index contributed by atoms with van der Waals surface area (Å²) in [7, 11) is 0. The number of carbonyl (C=O) groups excluding carboxylic acids is 1. The molecule has 3 rings (SSSR count). The number of rotatable bonds is 6. The molecule has 0 radical (unpaired) electrons. The second-order valence-electron chi connectivity index (χ2n) is 7.91. The molecule has 0 atom stereocenters. The lowest BCUT2D eigenvalue weighted by atomic mass is 9.92. The van der Waals surface area contributed by atoms with Crippen LogP contribution in [0, 0.1) is 6.92 Å². The summed E-state index contributed by atoms with van der Waals surface area (Å²) in [6.45, 7) is 6.37. The highest BCUT2D eigenvalue weighted by atomic mass is 16.5. The van der Waals surface area contributed by atoms with Crippen molar-refractivity contribution < 1.29 is 9.53 Å². The van der Waals surface area contributed by atoms with Gasteiger partial charge in [0.05, 0.1) is 6.42 Å². The van der Waals surface area contributed by atoms with Crippen molar-refractivity contribution in [1.82, 2.24) is 10.3 Å². The van der Waals surface area contributed by atoms with E-state index in [4.69, 9.17) is 4.74 Å². The van der Waals surface area contributed by atoms with Gasteiger partial charge in [0.25, 0.3) is 0 Å². The smallest absolute Gasteiger partial charge is 0.224 e. The summed E-state index contributed by atoms with van der Waals surface area (Å²) >= 11 is 0. The lowest BCUT2D eigenvalue weighted by Crippen LogP contribution is -2.40. The molecule has 0 bridgehead atoms. The molecule has 1 aromatic heterocycles. The monoisotopic (exact) mass is 366 g/mol. The molecular weight excluding hydrogens is 336 g/mol. The molecule has 4 heteroatoms. The largest absolute Gasteiger partial charge is 0.474 e. The van der Waals surface area contributed by atoms with Crippen LogP contribution < -0.4 is 10.1 Å². The van der Waals surface area contributed by atoms with Gasteiger partial charge in [0.2, 0.25) is 11.8 Å². The summed E-state index contributed by atoms with van der Waals surface area (Å²) in [5, 5.41) is 3.19. The van der Waals surface area contributed by atoms with E-state index in [1.165, 1.54) is 5.56 Å². The first-order chi connectivity index (χ1) is 13.0. The van der Waals surface area contributed by atoms with Gasteiger partial charge in [0, 0.05) is 18.3 Å². The van der Waals surface area contributed by atoms with E-state index in [2.05, 4.69) is 48.4 Å². The molecule has 1 amide bonds. The van der Waals surface area contributed by atoms with Crippen LogP contribution in [0.25, 0.3) is 0 Å². The first-order valence-electron chi connectivity index (χ1n) is 9.97. The van der Waals surface area contributed by atoms with Gasteiger partial charge in [0.15, 0.2) is 0 Å². The molecule has 0 saturated heterocycles. The first kappa shape index (κ1) is 19.4. The Morgan fingerprint density at radius 1 is 1.11 bits per heavy atom. The van der Waals surface area contributed by atoms with Crippen LogP contribution in [0.4, 0.5) is 0 Å². The number of pyridine rings is 1. The molecule has 0 aliphatic heterocycles. The summed E-state index contributed by atoms with van der Waals surface area (Å²) in [6, 6.07) is 12.6. The van der Waals surface area contributed by atoms with Gasteiger partial charge in [-0.25, -0.2) is 4.98 Å². The van der Waals surface area contributed by atoms with Crippen LogP contribution >= 0.6 is 0 Å². The normalized spacial score (nSPS) is 19.7. The highest BCUT2D eigenvalue weighted by molar-refractivity contribution is 5.78. The topological polar surface area (TPSA) is 51.2 Å². The minimum absolute atomic E-state index is 0.108. The lowest BCUT2D eigenvalue weighted by molar-refractivity contribution is -0.121. The Balaban J connectivity index is 1.41. The molecule has 1 aromatic carbocycles. The van der Waals surface area contributed by atoms with Gasteiger partial charge in [-0.15, -0.1) is 0 Å². The van der Waals surface area contributed by atoms with Crippen LogP contribution in [0.1, 0.15) is 62.1 Å². The standard InChI is InChI=1S/C23H30N2O2/c1-16(2)19-7-5-18(6-8-19)14-22(26)25-20-9-11-21(12-10-20)27-23-13-4-17(3)15-24-23/h4-8,13,15-16,20-21H,9-12,14H2,1-3H3,(H,25,26). The van der Waals surface area contributed by atoms with Crippen LogP contribution in [0.3, 0.4) is 0 Å². The number of nitrogens with one attached hydrogen (secondary N) is 1. The number of ether oxygens (including phenoxy) is 1.